The van der Waals surface area contributed by atoms with Crippen LogP contribution in [-0.2, 0) is 0 Å². The van der Waals surface area contributed by atoms with Crippen molar-refractivity contribution >= 4 is 23.3 Å². The van der Waals surface area contributed by atoms with E-state index in [1.54, 1.807) is 0 Å². The molecule has 18 heavy (non-hydrogen) atoms. The Morgan fingerprint density at radius 1 is 0.722 bits per heavy atom. The molecule has 1 rings (SSSR count). The van der Waals surface area contributed by atoms with Gasteiger partial charge >= 0.3 is 0 Å². The van der Waals surface area contributed by atoms with Crippen LogP contribution >= 0.6 is 0 Å². The fourth-order valence-corrected chi connectivity index (χ4v) is 45.8. The smallest absolute Gasteiger partial charge is 0.128 e. The molecule has 1 fully saturated rings. The summed E-state index contributed by atoms with van der Waals surface area (Å²) in [4.78, 5) is 0. The molecule has 6 heteroatoms. The quantitative estimate of drug-likeness (QED) is 0.739. The third-order valence-electron chi connectivity index (χ3n) is 4.88. The molecule has 3 nitrogen and oxygen atoms in total. The summed E-state index contributed by atoms with van der Waals surface area (Å²) in [6.45, 7) is 23.5. The highest BCUT2D eigenvalue weighted by atomic mass is 29.6. The zero-order valence-electron chi connectivity index (χ0n) is 13.7. The summed E-state index contributed by atoms with van der Waals surface area (Å²) in [5.74, 6) is 0. The van der Waals surface area contributed by atoms with Crippen molar-refractivity contribution in [3.63, 3.8) is 0 Å². The first kappa shape index (κ1) is 16.6. The molecule has 1 heterocycles. The third-order valence-corrected chi connectivity index (χ3v) is 40.1. The van der Waals surface area contributed by atoms with Gasteiger partial charge in [-0.25, -0.2) is 0 Å². The highest BCUT2D eigenvalue weighted by Gasteiger charge is 2.56. The van der Waals surface area contributed by atoms with E-state index in [9.17, 15) is 0 Å². The van der Waals surface area contributed by atoms with Gasteiger partial charge in [0.1, 0.15) is 15.5 Å². The molecule has 1 aliphatic heterocycles. The van der Waals surface area contributed by atoms with Crippen molar-refractivity contribution in [3.8, 4) is 0 Å². The third kappa shape index (κ3) is 2.43. The summed E-state index contributed by atoms with van der Waals surface area (Å²) in [6, 6.07) is 1.49. The minimum absolute atomic E-state index is 0.639. The highest BCUT2D eigenvalue weighted by molar-refractivity contribution is 7.59. The van der Waals surface area contributed by atoms with E-state index < -0.39 is 23.3 Å². The number of nitrogens with zero attached hydrogens (tertiary/aromatic N) is 3. The Bertz CT molecular complexity index is 260. The maximum Gasteiger partial charge on any atom is 0.128 e. The lowest BCUT2D eigenvalue weighted by molar-refractivity contribution is -0.0898. The van der Waals surface area contributed by atoms with Crippen LogP contribution in [0.1, 0.15) is 27.7 Å². The fraction of sp³-hybridized carbons (Fsp3) is 1.00. The fourth-order valence-electron chi connectivity index (χ4n) is 4.43. The van der Waals surface area contributed by atoms with Crippen molar-refractivity contribution in [2.45, 2.75) is 59.9 Å². The second-order valence-electron chi connectivity index (χ2n) is 6.39. The molecular formula is C12H33N3Si3. The molecule has 0 aliphatic carbocycles. The van der Waals surface area contributed by atoms with Crippen molar-refractivity contribution in [1.29, 1.82) is 0 Å². The van der Waals surface area contributed by atoms with Gasteiger partial charge in [-0.3, -0.25) is 9.35 Å². The second-order valence-corrected chi connectivity index (χ2v) is 30.3. The average Bonchev–Trinajstić information content (AvgIpc) is 2.27. The standard InChI is InChI=1S/C12H33N3Si3/c1-9-13-14(10-2)17(5,6)16(12-4)18(7,8)15(13)11-3/h16H,9-12H2,1-8H3. The molecule has 0 saturated carbocycles. The Morgan fingerprint density at radius 3 is 1.33 bits per heavy atom. The van der Waals surface area contributed by atoms with Crippen LogP contribution in [0.5, 0.6) is 0 Å². The summed E-state index contributed by atoms with van der Waals surface area (Å²) in [5, 5.41) is 2.62. The summed E-state index contributed by atoms with van der Waals surface area (Å²) in [7, 11) is -3.06. The largest absolute Gasteiger partial charge is 0.255 e. The number of hydrogen-bond acceptors (Lipinski definition) is 3. The van der Waals surface area contributed by atoms with Crippen molar-refractivity contribution < 1.29 is 0 Å². The number of hydrogen-bond donors (Lipinski definition) is 0. The van der Waals surface area contributed by atoms with E-state index >= 15 is 0 Å². The van der Waals surface area contributed by atoms with Crippen LogP contribution in [0, 0.1) is 0 Å². The lowest BCUT2D eigenvalue weighted by Crippen LogP contribution is -2.85. The predicted octanol–water partition coefficient (Wildman–Crippen LogP) is 2.61. The molecule has 0 unspecified atom stereocenters. The van der Waals surface area contributed by atoms with Crippen molar-refractivity contribution in [2.75, 3.05) is 19.6 Å². The average molecular weight is 304 g/mol. The minimum Gasteiger partial charge on any atom is -0.255 e. The Morgan fingerprint density at radius 2 is 1.11 bits per heavy atom. The number of rotatable bonds is 4. The van der Waals surface area contributed by atoms with Gasteiger partial charge in [0.25, 0.3) is 0 Å². The van der Waals surface area contributed by atoms with Gasteiger partial charge in [0.2, 0.25) is 0 Å². The Hall–Kier alpha value is 0.531. The van der Waals surface area contributed by atoms with Gasteiger partial charge in [-0.15, -0.1) is 0 Å². The first-order valence-electron chi connectivity index (χ1n) is 7.61. The van der Waals surface area contributed by atoms with E-state index in [-0.39, 0.29) is 0 Å². The van der Waals surface area contributed by atoms with Gasteiger partial charge < -0.3 is 0 Å². The van der Waals surface area contributed by atoms with Crippen LogP contribution in [0.15, 0.2) is 0 Å². The number of hydrazine groups is 2. The zero-order valence-corrected chi connectivity index (χ0v) is 16.9. The Balaban J connectivity index is 3.26. The van der Waals surface area contributed by atoms with Crippen LogP contribution in [0.4, 0.5) is 0 Å². The molecular weight excluding hydrogens is 270 g/mol. The maximum absolute atomic E-state index is 2.79. The lowest BCUT2D eigenvalue weighted by Gasteiger charge is -2.63. The molecule has 0 amide bonds. The predicted molar refractivity (Wildman–Crippen MR) is 89.7 cm³/mol. The van der Waals surface area contributed by atoms with E-state index in [0.29, 0.717) is 0 Å². The van der Waals surface area contributed by atoms with Gasteiger partial charge in [-0.2, -0.15) is 5.12 Å². The van der Waals surface area contributed by atoms with Gasteiger partial charge in [0.05, 0.1) is 7.83 Å². The Kier molecular flexibility index (Phi) is 5.42. The molecule has 0 aromatic heterocycles. The van der Waals surface area contributed by atoms with Gasteiger partial charge in [0.15, 0.2) is 0 Å². The van der Waals surface area contributed by atoms with Gasteiger partial charge in [0, 0.05) is 19.6 Å². The molecule has 0 aromatic rings. The van der Waals surface area contributed by atoms with Crippen molar-refractivity contribution in [2.24, 2.45) is 0 Å². The molecule has 0 bridgehead atoms. The molecule has 108 valence electrons. The zero-order chi connectivity index (χ0) is 14.1. The van der Waals surface area contributed by atoms with Crippen molar-refractivity contribution in [3.05, 3.63) is 0 Å². The summed E-state index contributed by atoms with van der Waals surface area (Å²) in [6.07, 6.45) is 0. The second kappa shape index (κ2) is 5.89. The summed E-state index contributed by atoms with van der Waals surface area (Å²) < 4.78 is 5.57. The first-order valence-corrected chi connectivity index (χ1v) is 17.9. The molecule has 1 saturated heterocycles. The monoisotopic (exact) mass is 303 g/mol. The van der Waals surface area contributed by atoms with Crippen LogP contribution in [0.25, 0.3) is 0 Å². The maximum atomic E-state index is 2.79. The summed E-state index contributed by atoms with van der Waals surface area (Å²) in [5.41, 5.74) is 0. The SMILES string of the molecule is CCN1N(CC)[Si](C)(C)[SiH](CC)[Si](C)(C)N1CC. The minimum atomic E-state index is -1.21. The van der Waals surface area contributed by atoms with Gasteiger partial charge in [-0.1, -0.05) is 53.0 Å². The highest BCUT2D eigenvalue weighted by Crippen LogP contribution is 2.34. The molecule has 0 atom stereocenters. The normalized spacial score (nSPS) is 26.7. The van der Waals surface area contributed by atoms with E-state index in [0.717, 1.165) is 6.54 Å². The van der Waals surface area contributed by atoms with Gasteiger partial charge in [-0.05, 0) is 6.92 Å². The molecule has 0 aromatic carbocycles. The molecule has 1 aliphatic rings. The van der Waals surface area contributed by atoms with Crippen molar-refractivity contribution in [1.82, 2.24) is 14.5 Å². The van der Waals surface area contributed by atoms with Crippen LogP contribution < -0.4 is 0 Å². The van der Waals surface area contributed by atoms with E-state index in [1.165, 1.54) is 19.1 Å². The summed E-state index contributed by atoms with van der Waals surface area (Å²) >= 11 is 0. The van der Waals surface area contributed by atoms with E-state index in [1.807, 2.05) is 0 Å². The first-order chi connectivity index (χ1) is 8.28. The van der Waals surface area contributed by atoms with E-state index in [2.05, 4.69) is 68.3 Å². The lowest BCUT2D eigenvalue weighted by atomic mass is 10.7. The Labute approximate surface area is 117 Å². The topological polar surface area (TPSA) is 9.72 Å². The van der Waals surface area contributed by atoms with E-state index in [4.69, 9.17) is 0 Å². The van der Waals surface area contributed by atoms with Crippen LogP contribution in [0.2, 0.25) is 32.2 Å². The molecule has 0 N–H and O–H groups in total. The van der Waals surface area contributed by atoms with Crippen LogP contribution in [-0.4, -0.2) is 57.4 Å². The molecule has 0 radical (unpaired) electrons. The molecule has 0 spiro atoms. The van der Waals surface area contributed by atoms with Crippen LogP contribution in [0.3, 0.4) is 0 Å².